The van der Waals surface area contributed by atoms with Crippen LogP contribution in [0.2, 0.25) is 10.0 Å². The Kier molecular flexibility index (Phi) is 7.42. The van der Waals surface area contributed by atoms with Crippen molar-refractivity contribution in [1.82, 2.24) is 4.90 Å². The predicted molar refractivity (Wildman–Crippen MR) is 112 cm³/mol. The second-order valence-corrected chi connectivity index (χ2v) is 8.38. The van der Waals surface area contributed by atoms with Crippen LogP contribution in [0.1, 0.15) is 18.6 Å². The number of hydrogen-bond acceptors (Lipinski definition) is 4. The van der Waals surface area contributed by atoms with Gasteiger partial charge in [-0.3, -0.25) is 4.90 Å². The Bertz CT molecular complexity index is 759. The van der Waals surface area contributed by atoms with Crippen LogP contribution in [0.15, 0.2) is 46.9 Å². The fourth-order valence-electron chi connectivity index (χ4n) is 3.22. The van der Waals surface area contributed by atoms with E-state index in [2.05, 4.69) is 39.9 Å². The first-order valence-corrected chi connectivity index (χ1v) is 10.4. The first kappa shape index (κ1) is 20.9. The molecule has 0 spiro atoms. The smallest absolute Gasteiger partial charge is 0.138 e. The van der Waals surface area contributed by atoms with Gasteiger partial charge in [0.05, 0.1) is 17.7 Å². The van der Waals surface area contributed by atoms with Gasteiger partial charge in [-0.05, 0) is 42.8 Å². The first-order chi connectivity index (χ1) is 12.9. The summed E-state index contributed by atoms with van der Waals surface area (Å²) in [5, 5.41) is 11.4. The number of aliphatic hydroxyl groups is 1. The second kappa shape index (κ2) is 9.59. The zero-order valence-electron chi connectivity index (χ0n) is 14.9. The van der Waals surface area contributed by atoms with E-state index in [1.807, 2.05) is 12.1 Å². The van der Waals surface area contributed by atoms with Crippen LogP contribution < -0.4 is 4.74 Å². The lowest BCUT2D eigenvalue weighted by atomic mass is 10.0. The molecule has 0 bridgehead atoms. The molecular formula is C20H22BrCl2NO3. The van der Waals surface area contributed by atoms with Crippen LogP contribution in [0, 0.1) is 0 Å². The van der Waals surface area contributed by atoms with Crippen LogP contribution in [0.4, 0.5) is 0 Å². The molecule has 1 N–H and O–H groups in total. The summed E-state index contributed by atoms with van der Waals surface area (Å²) >= 11 is 15.5. The molecule has 0 radical (unpaired) electrons. The van der Waals surface area contributed by atoms with Crippen molar-refractivity contribution in [1.29, 1.82) is 0 Å². The Balaban J connectivity index is 1.56. The highest BCUT2D eigenvalue weighted by Crippen LogP contribution is 2.30. The molecule has 1 saturated heterocycles. The van der Waals surface area contributed by atoms with Crippen molar-refractivity contribution in [2.24, 2.45) is 0 Å². The lowest BCUT2D eigenvalue weighted by Crippen LogP contribution is -2.49. The molecule has 1 aliphatic heterocycles. The molecule has 2 aromatic rings. The fraction of sp³-hybridized carbons (Fsp3) is 0.400. The van der Waals surface area contributed by atoms with E-state index in [0.29, 0.717) is 28.9 Å². The van der Waals surface area contributed by atoms with Crippen molar-refractivity contribution in [3.05, 3.63) is 62.5 Å². The molecule has 0 aromatic heterocycles. The van der Waals surface area contributed by atoms with E-state index >= 15 is 0 Å². The van der Waals surface area contributed by atoms with Gasteiger partial charge in [-0.25, -0.2) is 0 Å². The zero-order valence-corrected chi connectivity index (χ0v) is 18.0. The average Bonchev–Trinajstić information content (AvgIpc) is 2.64. The van der Waals surface area contributed by atoms with Crippen molar-refractivity contribution < 1.29 is 14.6 Å². The number of benzene rings is 2. The molecule has 1 heterocycles. The lowest BCUT2D eigenvalue weighted by Gasteiger charge is -2.40. The number of nitrogens with zero attached hydrogens (tertiary/aromatic N) is 1. The third kappa shape index (κ3) is 5.59. The van der Waals surface area contributed by atoms with Gasteiger partial charge in [0.25, 0.3) is 0 Å². The van der Waals surface area contributed by atoms with E-state index in [9.17, 15) is 5.11 Å². The quantitative estimate of drug-likeness (QED) is 0.642. The van der Waals surface area contributed by atoms with Crippen LogP contribution in [0.25, 0.3) is 0 Å². The summed E-state index contributed by atoms with van der Waals surface area (Å²) in [5.41, 5.74) is 1.13. The molecule has 3 atom stereocenters. The molecule has 2 aromatic carbocycles. The van der Waals surface area contributed by atoms with E-state index < -0.39 is 6.10 Å². The number of rotatable bonds is 6. The first-order valence-electron chi connectivity index (χ1n) is 8.81. The summed E-state index contributed by atoms with van der Waals surface area (Å²) in [7, 11) is 0. The van der Waals surface area contributed by atoms with Crippen LogP contribution in [0.5, 0.6) is 5.75 Å². The summed E-state index contributed by atoms with van der Waals surface area (Å²) in [6.07, 6.45) is -0.659. The van der Waals surface area contributed by atoms with Gasteiger partial charge in [0.1, 0.15) is 18.5 Å². The largest absolute Gasteiger partial charge is 0.489 e. The molecule has 1 fully saturated rings. The van der Waals surface area contributed by atoms with Crippen molar-refractivity contribution in [2.75, 3.05) is 26.3 Å². The summed E-state index contributed by atoms with van der Waals surface area (Å²) < 4.78 is 12.7. The van der Waals surface area contributed by atoms with Gasteiger partial charge in [0.2, 0.25) is 0 Å². The molecular weight excluding hydrogens is 453 g/mol. The monoisotopic (exact) mass is 473 g/mol. The minimum Gasteiger partial charge on any atom is -0.489 e. The summed E-state index contributed by atoms with van der Waals surface area (Å²) in [5.74, 6) is 0.517. The van der Waals surface area contributed by atoms with Crippen LogP contribution in [-0.2, 0) is 4.74 Å². The highest BCUT2D eigenvalue weighted by Gasteiger charge is 2.31. The maximum absolute atomic E-state index is 10.4. The van der Waals surface area contributed by atoms with E-state index in [0.717, 1.165) is 16.6 Å². The summed E-state index contributed by atoms with van der Waals surface area (Å²) in [4.78, 5) is 2.23. The number of halogens is 3. The maximum Gasteiger partial charge on any atom is 0.138 e. The Morgan fingerprint density at radius 2 is 2.00 bits per heavy atom. The van der Waals surface area contributed by atoms with E-state index in [4.69, 9.17) is 32.7 Å². The van der Waals surface area contributed by atoms with Gasteiger partial charge in [-0.1, -0.05) is 51.3 Å². The van der Waals surface area contributed by atoms with Crippen LogP contribution >= 0.6 is 39.1 Å². The van der Waals surface area contributed by atoms with Crippen molar-refractivity contribution in [2.45, 2.75) is 25.2 Å². The predicted octanol–water partition coefficient (Wildman–Crippen LogP) is 4.96. The Labute approximate surface area is 178 Å². The molecule has 3 unspecified atom stereocenters. The molecule has 4 nitrogen and oxygen atoms in total. The van der Waals surface area contributed by atoms with Crippen molar-refractivity contribution in [3.8, 4) is 5.75 Å². The highest BCUT2D eigenvalue weighted by molar-refractivity contribution is 9.10. The number of β-amino-alcohol motifs (C(OH)–C–C–N with tert-alkyl or cyclic N) is 1. The van der Waals surface area contributed by atoms with Gasteiger partial charge in [0.15, 0.2) is 0 Å². The molecule has 0 aliphatic carbocycles. The highest BCUT2D eigenvalue weighted by atomic mass is 79.9. The van der Waals surface area contributed by atoms with E-state index in [1.54, 1.807) is 18.2 Å². The molecule has 0 saturated carbocycles. The SMILES string of the molecule is CC1C(c2ccc(Br)cc2)OCCN1CC(O)COc1ccc(Cl)cc1Cl. The molecule has 7 heteroatoms. The minimum atomic E-state index is -0.636. The number of aliphatic hydroxyl groups excluding tert-OH is 1. The maximum atomic E-state index is 10.4. The van der Waals surface area contributed by atoms with Gasteiger partial charge in [-0.15, -0.1) is 0 Å². The van der Waals surface area contributed by atoms with Gasteiger partial charge < -0.3 is 14.6 Å². The standard InChI is InChI=1S/C20H22BrCl2NO3/c1-13-20(14-2-4-15(21)5-3-14)26-9-8-24(13)11-17(25)12-27-19-7-6-16(22)10-18(19)23/h2-7,10,13,17,20,25H,8-9,11-12H2,1H3. The molecule has 0 amide bonds. The molecule has 27 heavy (non-hydrogen) atoms. The lowest BCUT2D eigenvalue weighted by molar-refractivity contribution is -0.0804. The minimum absolute atomic E-state index is 0.0225. The second-order valence-electron chi connectivity index (χ2n) is 6.62. The number of ether oxygens (including phenoxy) is 2. The topological polar surface area (TPSA) is 41.9 Å². The number of hydrogen-bond donors (Lipinski definition) is 1. The van der Waals surface area contributed by atoms with Gasteiger partial charge in [-0.2, -0.15) is 0 Å². The zero-order chi connectivity index (χ0) is 19.4. The average molecular weight is 475 g/mol. The summed E-state index contributed by atoms with van der Waals surface area (Å²) in [6, 6.07) is 13.4. The van der Waals surface area contributed by atoms with Gasteiger partial charge >= 0.3 is 0 Å². The Morgan fingerprint density at radius 3 is 2.70 bits per heavy atom. The van der Waals surface area contributed by atoms with Crippen LogP contribution in [0.3, 0.4) is 0 Å². The van der Waals surface area contributed by atoms with Gasteiger partial charge in [0, 0.05) is 28.6 Å². The van der Waals surface area contributed by atoms with E-state index in [1.165, 1.54) is 0 Å². The molecule has 1 aliphatic rings. The molecule has 146 valence electrons. The van der Waals surface area contributed by atoms with E-state index in [-0.39, 0.29) is 18.8 Å². The Morgan fingerprint density at radius 1 is 1.26 bits per heavy atom. The fourth-order valence-corrected chi connectivity index (χ4v) is 3.95. The summed E-state index contributed by atoms with van der Waals surface area (Å²) in [6.45, 7) is 4.18. The number of morpholine rings is 1. The molecule has 3 rings (SSSR count). The van der Waals surface area contributed by atoms with Crippen molar-refractivity contribution >= 4 is 39.1 Å². The third-order valence-corrected chi connectivity index (χ3v) is 5.72. The normalized spacial score (nSPS) is 21.8. The third-order valence-electron chi connectivity index (χ3n) is 4.66. The Hall–Kier alpha value is -0.820. The van der Waals surface area contributed by atoms with Crippen LogP contribution in [-0.4, -0.2) is 48.5 Å². The van der Waals surface area contributed by atoms with Crippen molar-refractivity contribution in [3.63, 3.8) is 0 Å².